The van der Waals surface area contributed by atoms with Gasteiger partial charge < -0.3 is 0 Å². The molecular formula is C20H32FN. The molecule has 0 aromatic rings. The van der Waals surface area contributed by atoms with Gasteiger partial charge in [0.2, 0.25) is 0 Å². The molecule has 0 unspecified atom stereocenters. The summed E-state index contributed by atoms with van der Waals surface area (Å²) in [5.74, 6) is 3.11. The maximum absolute atomic E-state index is 12.8. The van der Waals surface area contributed by atoms with Crippen molar-refractivity contribution in [1.82, 2.24) is 0 Å². The van der Waals surface area contributed by atoms with Crippen molar-refractivity contribution < 1.29 is 4.39 Å². The van der Waals surface area contributed by atoms with E-state index in [1.165, 1.54) is 70.3 Å². The molecule has 0 N–H and O–H groups in total. The van der Waals surface area contributed by atoms with E-state index in [-0.39, 0.29) is 0 Å². The van der Waals surface area contributed by atoms with E-state index >= 15 is 0 Å². The van der Waals surface area contributed by atoms with Crippen LogP contribution in [0, 0.1) is 35.0 Å². The van der Waals surface area contributed by atoms with Crippen LogP contribution < -0.4 is 0 Å². The quantitative estimate of drug-likeness (QED) is 0.510. The molecule has 2 aliphatic carbocycles. The standard InChI is InChI=1S/C20H32FN/c1-2-4-16-7-11-18(12-8-16)19-13-9-17(10-14-19)5-3-6-20(21)15-22/h6,16-19H,2-5,7-14H2,1H3. The molecule has 0 spiro atoms. The minimum Gasteiger partial charge on any atom is -0.195 e. The van der Waals surface area contributed by atoms with E-state index in [4.69, 9.17) is 5.26 Å². The van der Waals surface area contributed by atoms with Crippen LogP contribution in [0.15, 0.2) is 11.9 Å². The molecule has 0 saturated heterocycles. The minimum absolute atomic E-state index is 0.613. The molecule has 0 radical (unpaired) electrons. The maximum atomic E-state index is 12.8. The zero-order chi connectivity index (χ0) is 15.8. The number of halogens is 1. The summed E-state index contributed by atoms with van der Waals surface area (Å²) in [6.45, 7) is 2.31. The van der Waals surface area contributed by atoms with Crippen LogP contribution in [0.25, 0.3) is 0 Å². The van der Waals surface area contributed by atoms with Crippen LogP contribution in [0.2, 0.25) is 0 Å². The monoisotopic (exact) mass is 305 g/mol. The molecule has 22 heavy (non-hydrogen) atoms. The number of nitriles is 1. The van der Waals surface area contributed by atoms with Gasteiger partial charge in [-0.05, 0) is 68.3 Å². The molecule has 2 saturated carbocycles. The average Bonchev–Trinajstić information content (AvgIpc) is 2.56. The molecule has 0 aromatic heterocycles. The van der Waals surface area contributed by atoms with Crippen LogP contribution in [0.4, 0.5) is 4.39 Å². The highest BCUT2D eigenvalue weighted by molar-refractivity contribution is 5.11. The zero-order valence-corrected chi connectivity index (χ0v) is 14.2. The first-order valence-electron chi connectivity index (χ1n) is 9.48. The smallest absolute Gasteiger partial charge is 0.195 e. The lowest BCUT2D eigenvalue weighted by atomic mass is 9.68. The second-order valence-electron chi connectivity index (χ2n) is 7.59. The molecule has 124 valence electrons. The van der Waals surface area contributed by atoms with Gasteiger partial charge in [-0.15, -0.1) is 0 Å². The molecule has 2 rings (SSSR count). The summed E-state index contributed by atoms with van der Waals surface area (Å²) in [6, 6.07) is 1.56. The van der Waals surface area contributed by atoms with Gasteiger partial charge in [0.1, 0.15) is 6.07 Å². The Kier molecular flexibility index (Phi) is 7.43. The Morgan fingerprint density at radius 3 is 1.91 bits per heavy atom. The van der Waals surface area contributed by atoms with Gasteiger partial charge in [-0.25, -0.2) is 0 Å². The summed E-state index contributed by atoms with van der Waals surface area (Å²) in [6.07, 6.45) is 17.3. The third-order valence-electron chi connectivity index (χ3n) is 6.15. The van der Waals surface area contributed by atoms with Gasteiger partial charge in [-0.3, -0.25) is 0 Å². The highest BCUT2D eigenvalue weighted by Crippen LogP contribution is 2.42. The molecular weight excluding hydrogens is 273 g/mol. The van der Waals surface area contributed by atoms with Gasteiger partial charge in [0.15, 0.2) is 5.83 Å². The van der Waals surface area contributed by atoms with E-state index in [9.17, 15) is 4.39 Å². The molecule has 0 aromatic carbocycles. The van der Waals surface area contributed by atoms with E-state index in [0.717, 1.165) is 36.5 Å². The lowest BCUT2D eigenvalue weighted by Gasteiger charge is -2.38. The maximum Gasteiger partial charge on any atom is 0.196 e. The molecule has 2 aliphatic rings. The fraction of sp³-hybridized carbons (Fsp3) is 0.850. The Labute approximate surface area is 136 Å². The number of rotatable bonds is 6. The fourth-order valence-electron chi connectivity index (χ4n) is 4.80. The van der Waals surface area contributed by atoms with Crippen molar-refractivity contribution in [2.75, 3.05) is 0 Å². The van der Waals surface area contributed by atoms with E-state index in [1.807, 2.05) is 0 Å². The largest absolute Gasteiger partial charge is 0.196 e. The Hall–Kier alpha value is -0.840. The van der Waals surface area contributed by atoms with Crippen molar-refractivity contribution in [3.8, 4) is 6.07 Å². The normalized spacial score (nSPS) is 33.4. The minimum atomic E-state index is -0.613. The van der Waals surface area contributed by atoms with E-state index < -0.39 is 5.83 Å². The third-order valence-corrected chi connectivity index (χ3v) is 6.15. The number of allylic oxidation sites excluding steroid dienone is 2. The molecule has 0 amide bonds. The molecule has 0 atom stereocenters. The lowest BCUT2D eigenvalue weighted by molar-refractivity contribution is 0.141. The molecule has 0 bridgehead atoms. The molecule has 2 fully saturated rings. The van der Waals surface area contributed by atoms with Crippen LogP contribution in [0.3, 0.4) is 0 Å². The van der Waals surface area contributed by atoms with Gasteiger partial charge in [0.25, 0.3) is 0 Å². The van der Waals surface area contributed by atoms with Crippen LogP contribution in [-0.2, 0) is 0 Å². The highest BCUT2D eigenvalue weighted by Gasteiger charge is 2.30. The first-order valence-corrected chi connectivity index (χ1v) is 9.48. The van der Waals surface area contributed by atoms with Gasteiger partial charge in [-0.2, -0.15) is 9.65 Å². The Morgan fingerprint density at radius 2 is 1.45 bits per heavy atom. The summed E-state index contributed by atoms with van der Waals surface area (Å²) >= 11 is 0. The van der Waals surface area contributed by atoms with E-state index in [0.29, 0.717) is 0 Å². The third kappa shape index (κ3) is 5.41. The number of hydrogen-bond acceptors (Lipinski definition) is 1. The predicted octanol–water partition coefficient (Wildman–Crippen LogP) is 6.56. The van der Waals surface area contributed by atoms with Crippen molar-refractivity contribution in [2.24, 2.45) is 23.7 Å². The van der Waals surface area contributed by atoms with Crippen LogP contribution >= 0.6 is 0 Å². The first kappa shape index (κ1) is 17.5. The van der Waals surface area contributed by atoms with E-state index in [1.54, 1.807) is 6.07 Å². The topological polar surface area (TPSA) is 23.8 Å². The molecule has 2 heteroatoms. The van der Waals surface area contributed by atoms with Gasteiger partial charge in [0, 0.05) is 0 Å². The molecule has 0 aliphatic heterocycles. The summed E-state index contributed by atoms with van der Waals surface area (Å²) in [7, 11) is 0. The molecule has 1 nitrogen and oxygen atoms in total. The number of nitrogens with zero attached hydrogens (tertiary/aromatic N) is 1. The van der Waals surface area contributed by atoms with Crippen LogP contribution in [0.5, 0.6) is 0 Å². The SMILES string of the molecule is CCCC1CCC(C2CCC(CCC=C(F)C#N)CC2)CC1. The van der Waals surface area contributed by atoms with Crippen molar-refractivity contribution >= 4 is 0 Å². The predicted molar refractivity (Wildman–Crippen MR) is 89.8 cm³/mol. The van der Waals surface area contributed by atoms with Gasteiger partial charge in [0.05, 0.1) is 0 Å². The average molecular weight is 305 g/mol. The fourth-order valence-corrected chi connectivity index (χ4v) is 4.80. The Morgan fingerprint density at radius 1 is 0.955 bits per heavy atom. The van der Waals surface area contributed by atoms with Crippen molar-refractivity contribution in [3.63, 3.8) is 0 Å². The summed E-state index contributed by atoms with van der Waals surface area (Å²) < 4.78 is 12.8. The van der Waals surface area contributed by atoms with Crippen molar-refractivity contribution in [3.05, 3.63) is 11.9 Å². The van der Waals surface area contributed by atoms with Crippen LogP contribution in [-0.4, -0.2) is 0 Å². The zero-order valence-electron chi connectivity index (χ0n) is 14.2. The summed E-state index contributed by atoms with van der Waals surface area (Å²) in [4.78, 5) is 0. The van der Waals surface area contributed by atoms with E-state index in [2.05, 4.69) is 6.92 Å². The van der Waals surface area contributed by atoms with Crippen molar-refractivity contribution in [2.45, 2.75) is 84.0 Å². The lowest BCUT2D eigenvalue weighted by Crippen LogP contribution is -2.25. The first-order chi connectivity index (χ1) is 10.7. The van der Waals surface area contributed by atoms with Gasteiger partial charge in [-0.1, -0.05) is 45.4 Å². The summed E-state index contributed by atoms with van der Waals surface area (Å²) in [5.41, 5.74) is 0. The Bertz CT molecular complexity index is 379. The van der Waals surface area contributed by atoms with Crippen molar-refractivity contribution in [1.29, 1.82) is 5.26 Å². The second kappa shape index (κ2) is 9.33. The van der Waals surface area contributed by atoms with Gasteiger partial charge >= 0.3 is 0 Å². The second-order valence-corrected chi connectivity index (χ2v) is 7.59. The Balaban J connectivity index is 1.64. The van der Waals surface area contributed by atoms with Crippen LogP contribution in [0.1, 0.15) is 84.0 Å². The summed E-state index contributed by atoms with van der Waals surface area (Å²) in [5, 5.41) is 8.41. The highest BCUT2D eigenvalue weighted by atomic mass is 19.1. The molecule has 0 heterocycles. The number of hydrogen-bond donors (Lipinski definition) is 0.